The third-order valence-electron chi connectivity index (χ3n) is 11.6. The van der Waals surface area contributed by atoms with E-state index in [0.29, 0.717) is 0 Å². The van der Waals surface area contributed by atoms with Gasteiger partial charge in [0.2, 0.25) is 0 Å². The van der Waals surface area contributed by atoms with Gasteiger partial charge in [0.1, 0.15) is 0 Å². The van der Waals surface area contributed by atoms with Crippen molar-refractivity contribution in [2.24, 2.45) is 11.8 Å². The normalized spacial score (nSPS) is 11.6. The van der Waals surface area contributed by atoms with E-state index in [0.717, 1.165) is 11.8 Å². The van der Waals surface area contributed by atoms with Crippen molar-refractivity contribution in [1.29, 1.82) is 0 Å². The van der Waals surface area contributed by atoms with E-state index in [2.05, 4.69) is 59.9 Å². The van der Waals surface area contributed by atoms with Gasteiger partial charge in [-0.3, -0.25) is 0 Å². The highest BCUT2D eigenvalue weighted by atomic mass is 15.1. The van der Waals surface area contributed by atoms with Gasteiger partial charge in [-0.05, 0) is 76.4 Å². The van der Waals surface area contributed by atoms with Crippen LogP contribution in [0.5, 0.6) is 0 Å². The molecule has 0 saturated carbocycles. The average Bonchev–Trinajstić information content (AvgIpc) is 3.13. The maximum Gasteiger partial charge on any atom is -0.00187 e. The van der Waals surface area contributed by atoms with Crippen LogP contribution in [-0.4, -0.2) is 24.5 Å². The summed E-state index contributed by atoms with van der Waals surface area (Å²) < 4.78 is 0. The van der Waals surface area contributed by atoms with Crippen molar-refractivity contribution in [1.82, 2.24) is 4.90 Å². The van der Waals surface area contributed by atoms with Gasteiger partial charge in [-0.1, -0.05) is 253 Å². The molecule has 0 aromatic carbocycles. The van der Waals surface area contributed by atoms with Gasteiger partial charge in [-0.2, -0.15) is 0 Å². The Morgan fingerprint density at radius 2 is 0.635 bits per heavy atom. The van der Waals surface area contributed by atoms with Gasteiger partial charge in [0.05, 0.1) is 0 Å². The zero-order valence-corrected chi connectivity index (χ0v) is 38.1. The van der Waals surface area contributed by atoms with Gasteiger partial charge in [0.25, 0.3) is 0 Å². The molecule has 0 radical (unpaired) electrons. The van der Waals surface area contributed by atoms with E-state index >= 15 is 0 Å². The second-order valence-electron chi connectivity index (χ2n) is 17.9. The lowest BCUT2D eigenvalue weighted by Crippen LogP contribution is -2.27. The summed E-state index contributed by atoms with van der Waals surface area (Å²) in [5.74, 6) is 1.85. The Hall–Kier alpha value is -0.300. The number of allylic oxidation sites excluding steroid dienone is 1. The van der Waals surface area contributed by atoms with E-state index in [-0.39, 0.29) is 0 Å². The minimum atomic E-state index is 0.878. The number of hydrogen-bond acceptors (Lipinski definition) is 1. The highest BCUT2D eigenvalue weighted by molar-refractivity contribution is 4.93. The molecule has 0 atom stereocenters. The summed E-state index contributed by atoms with van der Waals surface area (Å²) in [5, 5.41) is 0. The molecule has 0 amide bonds. The van der Waals surface area contributed by atoms with E-state index in [4.69, 9.17) is 0 Å². The molecule has 1 nitrogen and oxygen atoms in total. The van der Waals surface area contributed by atoms with E-state index in [9.17, 15) is 0 Å². The quantitative estimate of drug-likeness (QED) is 0.0446. The SMILES string of the molecule is C=C(CCCCCCCCCC)CCCCCCCN(CCCC)CCCCCCCC(C)C.CCCCCCCCC(C)CCCCCCCC. The Morgan fingerprint density at radius 3 is 1.00 bits per heavy atom. The molecule has 0 heterocycles. The lowest BCUT2D eigenvalue weighted by molar-refractivity contribution is 0.256. The second kappa shape index (κ2) is 46.9. The Labute approximate surface area is 333 Å². The molecule has 0 fully saturated rings. The summed E-state index contributed by atoms with van der Waals surface area (Å²) in [5.41, 5.74) is 1.51. The van der Waals surface area contributed by atoms with Gasteiger partial charge in [-0.15, -0.1) is 0 Å². The first kappa shape index (κ1) is 53.8. The highest BCUT2D eigenvalue weighted by Crippen LogP contribution is 2.19. The molecule has 0 aromatic heterocycles. The van der Waals surface area contributed by atoms with Crippen LogP contribution >= 0.6 is 0 Å². The zero-order valence-electron chi connectivity index (χ0n) is 38.1. The molecular weight excluding hydrogens is 627 g/mol. The molecule has 0 rings (SSSR count). The van der Waals surface area contributed by atoms with Crippen molar-refractivity contribution in [3.05, 3.63) is 12.2 Å². The topological polar surface area (TPSA) is 3.24 Å². The van der Waals surface area contributed by atoms with Crippen molar-refractivity contribution in [2.75, 3.05) is 19.6 Å². The number of rotatable bonds is 42. The van der Waals surface area contributed by atoms with Crippen LogP contribution < -0.4 is 0 Å². The van der Waals surface area contributed by atoms with E-state index in [1.165, 1.54) is 263 Å². The zero-order chi connectivity index (χ0) is 38.6. The molecule has 0 aromatic rings. The summed E-state index contributed by atoms with van der Waals surface area (Å²) in [7, 11) is 0. The first-order valence-electron chi connectivity index (χ1n) is 24.8. The predicted octanol–water partition coefficient (Wildman–Crippen LogP) is 18.6. The van der Waals surface area contributed by atoms with Crippen molar-refractivity contribution < 1.29 is 0 Å². The summed E-state index contributed by atoms with van der Waals surface area (Å²) in [6.07, 6.45) is 52.5. The van der Waals surface area contributed by atoms with E-state index < -0.39 is 0 Å². The lowest BCUT2D eigenvalue weighted by Gasteiger charge is -2.22. The van der Waals surface area contributed by atoms with Crippen LogP contribution in [0.15, 0.2) is 12.2 Å². The van der Waals surface area contributed by atoms with Crippen LogP contribution in [-0.2, 0) is 0 Å². The first-order valence-corrected chi connectivity index (χ1v) is 24.8. The van der Waals surface area contributed by atoms with Crippen molar-refractivity contribution in [2.45, 2.75) is 286 Å². The molecule has 0 spiro atoms. The van der Waals surface area contributed by atoms with Crippen LogP contribution in [0.1, 0.15) is 286 Å². The molecule has 0 bridgehead atoms. The number of hydrogen-bond donors (Lipinski definition) is 0. The molecule has 314 valence electrons. The minimum absolute atomic E-state index is 0.878. The fourth-order valence-electron chi connectivity index (χ4n) is 7.70. The number of unbranched alkanes of at least 4 members (excludes halogenated alkanes) is 26. The van der Waals surface area contributed by atoms with Crippen LogP contribution in [0, 0.1) is 11.8 Å². The molecular formula is C51H105N. The van der Waals surface area contributed by atoms with E-state index in [1.54, 1.807) is 0 Å². The van der Waals surface area contributed by atoms with Gasteiger partial charge in [0, 0.05) is 0 Å². The van der Waals surface area contributed by atoms with Crippen molar-refractivity contribution in [3.63, 3.8) is 0 Å². The Bertz CT molecular complexity index is 621. The van der Waals surface area contributed by atoms with Crippen LogP contribution in [0.2, 0.25) is 0 Å². The average molecular weight is 732 g/mol. The van der Waals surface area contributed by atoms with Gasteiger partial charge < -0.3 is 4.90 Å². The lowest BCUT2D eigenvalue weighted by atomic mass is 9.96. The molecule has 1 heteroatoms. The Morgan fingerprint density at radius 1 is 0.346 bits per heavy atom. The van der Waals surface area contributed by atoms with Gasteiger partial charge in [0.15, 0.2) is 0 Å². The molecule has 52 heavy (non-hydrogen) atoms. The molecule has 0 N–H and O–H groups in total. The molecule has 0 aliphatic rings. The fourth-order valence-corrected chi connectivity index (χ4v) is 7.70. The van der Waals surface area contributed by atoms with E-state index in [1.807, 2.05) is 0 Å². The van der Waals surface area contributed by atoms with Crippen molar-refractivity contribution >= 4 is 0 Å². The smallest absolute Gasteiger partial charge is 0.00187 e. The monoisotopic (exact) mass is 732 g/mol. The summed E-state index contributed by atoms with van der Waals surface area (Å²) in [6.45, 7) is 24.7. The maximum absolute atomic E-state index is 4.35. The van der Waals surface area contributed by atoms with Gasteiger partial charge in [-0.25, -0.2) is 0 Å². The molecule has 0 aliphatic heterocycles. The third kappa shape index (κ3) is 47.7. The number of nitrogens with zero attached hydrogens (tertiary/aromatic N) is 1. The largest absolute Gasteiger partial charge is 0.303 e. The van der Waals surface area contributed by atoms with Crippen LogP contribution in [0.4, 0.5) is 0 Å². The summed E-state index contributed by atoms with van der Waals surface area (Å²) >= 11 is 0. The molecule has 0 saturated heterocycles. The van der Waals surface area contributed by atoms with Gasteiger partial charge >= 0.3 is 0 Å². The second-order valence-corrected chi connectivity index (χ2v) is 17.9. The standard InChI is InChI=1S/C33H67N.C18H38/c1-6-8-10-11-12-13-17-22-27-33(5)28-23-18-15-20-25-31-34(29-9-7-2)30-24-19-14-16-21-26-32(3)4;1-4-6-8-10-12-14-16-18(3)17-15-13-11-9-7-5-2/h32H,5-31H2,1-4H3;18H,4-17H2,1-3H3. The van der Waals surface area contributed by atoms with Crippen molar-refractivity contribution in [3.8, 4) is 0 Å². The van der Waals surface area contributed by atoms with Crippen LogP contribution in [0.25, 0.3) is 0 Å². The molecule has 0 aliphatic carbocycles. The summed E-state index contributed by atoms with van der Waals surface area (Å²) in [6, 6.07) is 0. The van der Waals surface area contributed by atoms with Crippen LogP contribution in [0.3, 0.4) is 0 Å². The molecule has 0 unspecified atom stereocenters. The highest BCUT2D eigenvalue weighted by Gasteiger charge is 2.05. The maximum atomic E-state index is 4.35. The minimum Gasteiger partial charge on any atom is -0.303 e. The predicted molar refractivity (Wildman–Crippen MR) is 243 cm³/mol. The Kier molecular flexibility index (Phi) is 48.5. The third-order valence-corrected chi connectivity index (χ3v) is 11.6. The Balaban J connectivity index is 0. The first-order chi connectivity index (χ1) is 25.4. The summed E-state index contributed by atoms with van der Waals surface area (Å²) in [4.78, 5) is 2.77. The fraction of sp³-hybridized carbons (Fsp3) is 0.961.